The average Bonchev–Trinajstić information content (AvgIpc) is 2.96. The maximum Gasteiger partial charge on any atom is 0.143 e. The molecular weight excluding hydrogens is 298 g/mol. The highest BCUT2D eigenvalue weighted by Gasteiger charge is 2.11. The van der Waals surface area contributed by atoms with Crippen molar-refractivity contribution in [2.24, 2.45) is 5.41 Å². The van der Waals surface area contributed by atoms with Crippen LogP contribution in [0.3, 0.4) is 0 Å². The first-order chi connectivity index (χ1) is 11.4. The van der Waals surface area contributed by atoms with E-state index in [1.807, 2.05) is 36.4 Å². The van der Waals surface area contributed by atoms with E-state index in [1.54, 1.807) is 6.07 Å². The van der Waals surface area contributed by atoms with Gasteiger partial charge in [-0.05, 0) is 54.5 Å². The zero-order valence-corrected chi connectivity index (χ0v) is 14.7. The summed E-state index contributed by atoms with van der Waals surface area (Å²) in [4.78, 5) is 1.53. The van der Waals surface area contributed by atoms with Gasteiger partial charge in [0.15, 0.2) is 0 Å². The number of hydrogen-bond acceptors (Lipinski definition) is 3. The fraction of sp³-hybridized carbons (Fsp3) is 0.400. The number of aryl methyl sites for hydroxylation is 1. The first-order valence-electron chi connectivity index (χ1n) is 8.57. The van der Waals surface area contributed by atoms with E-state index in [0.29, 0.717) is 11.1 Å². The third kappa shape index (κ3) is 3.94. The van der Waals surface area contributed by atoms with E-state index in [4.69, 9.17) is 0 Å². The molecule has 0 saturated heterocycles. The van der Waals surface area contributed by atoms with Gasteiger partial charge in [-0.25, -0.2) is 0 Å². The van der Waals surface area contributed by atoms with Crippen molar-refractivity contribution >= 4 is 11.0 Å². The highest BCUT2D eigenvalue weighted by atomic mass is 16.3. The van der Waals surface area contributed by atoms with Crippen LogP contribution in [-0.2, 0) is 6.42 Å². The summed E-state index contributed by atoms with van der Waals surface area (Å²) in [6.07, 6.45) is 4.59. The topological polar surface area (TPSA) is 50.9 Å². The highest BCUT2D eigenvalue weighted by Crippen LogP contribution is 2.25. The minimum Gasteiger partial charge on any atom is -0.506 e. The lowest BCUT2D eigenvalue weighted by Crippen LogP contribution is -2.04. The Kier molecular flexibility index (Phi) is 4.56. The number of aromatic nitrogens is 3. The van der Waals surface area contributed by atoms with Crippen LogP contribution in [-0.4, -0.2) is 20.1 Å². The highest BCUT2D eigenvalue weighted by molar-refractivity contribution is 5.73. The van der Waals surface area contributed by atoms with Gasteiger partial charge < -0.3 is 5.11 Å². The Labute approximate surface area is 143 Å². The number of unbranched alkanes of at least 4 members (excludes halogenated alkanes) is 1. The van der Waals surface area contributed by atoms with Crippen LogP contribution < -0.4 is 0 Å². The molecule has 0 aliphatic rings. The van der Waals surface area contributed by atoms with Gasteiger partial charge in [0.2, 0.25) is 0 Å². The van der Waals surface area contributed by atoms with Crippen LogP contribution in [0.1, 0.15) is 45.6 Å². The Bertz CT molecular complexity index is 797. The monoisotopic (exact) mass is 323 g/mol. The summed E-state index contributed by atoms with van der Waals surface area (Å²) in [6.45, 7) is 6.83. The van der Waals surface area contributed by atoms with Crippen LogP contribution in [0.15, 0.2) is 42.5 Å². The van der Waals surface area contributed by atoms with Crippen molar-refractivity contribution in [1.29, 1.82) is 0 Å². The molecule has 0 amide bonds. The Morgan fingerprint density at radius 1 is 0.958 bits per heavy atom. The van der Waals surface area contributed by atoms with Crippen molar-refractivity contribution in [2.45, 2.75) is 46.5 Å². The van der Waals surface area contributed by atoms with E-state index in [-0.39, 0.29) is 5.75 Å². The predicted octanol–water partition coefficient (Wildman–Crippen LogP) is 4.89. The number of phenolic OH excluding ortho intramolecular Hbond substituents is 1. The second-order valence-electron chi connectivity index (χ2n) is 7.57. The molecule has 0 aliphatic heterocycles. The molecule has 0 aliphatic carbocycles. The smallest absolute Gasteiger partial charge is 0.143 e. The van der Waals surface area contributed by atoms with Crippen LogP contribution in [0.5, 0.6) is 5.75 Å². The zero-order valence-electron chi connectivity index (χ0n) is 14.7. The number of nitrogens with zero attached hydrogens (tertiary/aromatic N) is 3. The van der Waals surface area contributed by atoms with Gasteiger partial charge in [0.05, 0.1) is 0 Å². The fourth-order valence-corrected chi connectivity index (χ4v) is 2.84. The lowest BCUT2D eigenvalue weighted by Gasteiger charge is -2.17. The molecular formula is C20H25N3O. The number of aromatic hydroxyl groups is 1. The molecule has 0 spiro atoms. The molecule has 0 saturated carbocycles. The molecule has 4 nitrogen and oxygen atoms in total. The second kappa shape index (κ2) is 6.63. The van der Waals surface area contributed by atoms with Crippen LogP contribution in [0.4, 0.5) is 0 Å². The minimum absolute atomic E-state index is 0.203. The molecule has 0 radical (unpaired) electrons. The van der Waals surface area contributed by atoms with E-state index in [9.17, 15) is 5.11 Å². The van der Waals surface area contributed by atoms with E-state index in [0.717, 1.165) is 23.9 Å². The van der Waals surface area contributed by atoms with Crippen molar-refractivity contribution in [1.82, 2.24) is 15.0 Å². The maximum absolute atomic E-state index is 10.2. The quantitative estimate of drug-likeness (QED) is 0.680. The average molecular weight is 323 g/mol. The predicted molar refractivity (Wildman–Crippen MR) is 97.5 cm³/mol. The first kappa shape index (κ1) is 16.5. The summed E-state index contributed by atoms with van der Waals surface area (Å²) in [5.74, 6) is 0.203. The van der Waals surface area contributed by atoms with E-state index in [2.05, 4.69) is 31.0 Å². The molecule has 0 unspecified atom stereocenters. The number of phenols is 1. The van der Waals surface area contributed by atoms with Gasteiger partial charge in [0, 0.05) is 0 Å². The summed E-state index contributed by atoms with van der Waals surface area (Å²) < 4.78 is 0. The second-order valence-corrected chi connectivity index (χ2v) is 7.57. The summed E-state index contributed by atoms with van der Waals surface area (Å²) in [6, 6.07) is 13.4. The van der Waals surface area contributed by atoms with E-state index in [1.165, 1.54) is 23.2 Å². The molecule has 3 rings (SSSR count). The van der Waals surface area contributed by atoms with Crippen LogP contribution in [0, 0.1) is 5.41 Å². The SMILES string of the molecule is CC(C)(C)CCCCc1ccc(O)c(-n2nc3ccccc3n2)c1. The van der Waals surface area contributed by atoms with Crippen molar-refractivity contribution in [3.8, 4) is 11.4 Å². The Morgan fingerprint density at radius 2 is 1.62 bits per heavy atom. The van der Waals surface area contributed by atoms with Gasteiger partial charge >= 0.3 is 0 Å². The van der Waals surface area contributed by atoms with Crippen molar-refractivity contribution in [3.63, 3.8) is 0 Å². The number of rotatable bonds is 5. The number of benzene rings is 2. The summed E-state index contributed by atoms with van der Waals surface area (Å²) >= 11 is 0. The molecule has 0 bridgehead atoms. The molecule has 24 heavy (non-hydrogen) atoms. The van der Waals surface area contributed by atoms with Crippen LogP contribution in [0.25, 0.3) is 16.7 Å². The molecule has 0 fully saturated rings. The largest absolute Gasteiger partial charge is 0.506 e. The van der Waals surface area contributed by atoms with E-state index < -0.39 is 0 Å². The van der Waals surface area contributed by atoms with Gasteiger partial charge in [0.25, 0.3) is 0 Å². The lowest BCUT2D eigenvalue weighted by atomic mass is 9.89. The van der Waals surface area contributed by atoms with Crippen LogP contribution in [0.2, 0.25) is 0 Å². The third-order valence-electron chi connectivity index (χ3n) is 4.18. The Balaban J connectivity index is 1.76. The number of fused-ring (bicyclic) bond motifs is 1. The lowest BCUT2D eigenvalue weighted by molar-refractivity contribution is 0.360. The van der Waals surface area contributed by atoms with E-state index >= 15 is 0 Å². The molecule has 4 heteroatoms. The Hall–Kier alpha value is -2.36. The van der Waals surface area contributed by atoms with Crippen molar-refractivity contribution in [3.05, 3.63) is 48.0 Å². The fourth-order valence-electron chi connectivity index (χ4n) is 2.84. The molecule has 1 heterocycles. The van der Waals surface area contributed by atoms with Crippen molar-refractivity contribution in [2.75, 3.05) is 0 Å². The molecule has 0 atom stereocenters. The molecule has 1 N–H and O–H groups in total. The zero-order chi connectivity index (χ0) is 17.2. The maximum atomic E-state index is 10.2. The van der Waals surface area contributed by atoms with Gasteiger partial charge in [-0.3, -0.25) is 0 Å². The van der Waals surface area contributed by atoms with Gasteiger partial charge in [-0.1, -0.05) is 45.4 Å². The summed E-state index contributed by atoms with van der Waals surface area (Å²) in [7, 11) is 0. The minimum atomic E-state index is 0.203. The normalized spacial score (nSPS) is 12.0. The molecule has 3 aromatic rings. The third-order valence-corrected chi connectivity index (χ3v) is 4.18. The summed E-state index contributed by atoms with van der Waals surface area (Å²) in [5.41, 5.74) is 3.89. The summed E-state index contributed by atoms with van der Waals surface area (Å²) in [5, 5.41) is 19.1. The first-order valence-corrected chi connectivity index (χ1v) is 8.57. The van der Waals surface area contributed by atoms with Crippen LogP contribution >= 0.6 is 0 Å². The number of hydrogen-bond donors (Lipinski definition) is 1. The molecule has 1 aromatic heterocycles. The van der Waals surface area contributed by atoms with Gasteiger partial charge in [-0.2, -0.15) is 0 Å². The standard InChI is InChI=1S/C20H25N3O/c1-20(2,3)13-7-6-8-15-11-12-19(24)18(14-15)23-21-16-9-4-5-10-17(16)22-23/h4-5,9-12,14,24H,6-8,13H2,1-3H3. The molecule has 2 aromatic carbocycles. The van der Waals surface area contributed by atoms with Gasteiger partial charge in [-0.15, -0.1) is 15.0 Å². The van der Waals surface area contributed by atoms with Crippen molar-refractivity contribution < 1.29 is 5.11 Å². The van der Waals surface area contributed by atoms with Gasteiger partial charge in [0.1, 0.15) is 22.5 Å². The molecule has 126 valence electrons. The Morgan fingerprint density at radius 3 is 2.25 bits per heavy atom.